The number of ether oxygens (including phenoxy) is 1. The molecule has 4 bridgehead atoms. The minimum absolute atomic E-state index is 0. The zero-order valence-electron chi connectivity index (χ0n) is 11.8. The Bertz CT molecular complexity index is 369. The highest BCUT2D eigenvalue weighted by atomic mass is 35.5. The number of hydrogen-bond donors (Lipinski definition) is 1. The summed E-state index contributed by atoms with van der Waals surface area (Å²) in [5.41, 5.74) is 0. The van der Waals surface area contributed by atoms with Crippen LogP contribution in [0.25, 0.3) is 0 Å². The molecule has 4 saturated carbocycles. The molecule has 2 spiro atoms. The van der Waals surface area contributed by atoms with Gasteiger partial charge in [-0.2, -0.15) is 9.78 Å². The molecule has 6 fully saturated rings. The summed E-state index contributed by atoms with van der Waals surface area (Å²) in [6.07, 6.45) is 8.48. The van der Waals surface area contributed by atoms with Crippen molar-refractivity contribution in [2.45, 2.75) is 56.5 Å². The third-order valence-corrected chi connectivity index (χ3v) is 6.31. The SMILES string of the molecule is C1CC2(CCN1)OOC1(O2)C2CC3CC(C2)CC1C3.Cl. The van der Waals surface area contributed by atoms with Crippen LogP contribution in [0.4, 0.5) is 0 Å². The van der Waals surface area contributed by atoms with Gasteiger partial charge in [0.1, 0.15) is 0 Å². The van der Waals surface area contributed by atoms with Crippen molar-refractivity contribution in [1.82, 2.24) is 5.32 Å². The standard InChI is InChI=1S/C15H23NO3.ClH/c1-3-16-4-2-14(1)17-15(19-18-14)12-6-10-5-11(8-12)9-13(15)7-10;/h10-13,16H,1-9H2;1H. The van der Waals surface area contributed by atoms with Gasteiger partial charge in [-0.15, -0.1) is 12.4 Å². The number of rotatable bonds is 0. The molecule has 6 rings (SSSR count). The predicted molar refractivity (Wildman–Crippen MR) is 75.1 cm³/mol. The highest BCUT2D eigenvalue weighted by Crippen LogP contribution is 2.63. The molecule has 0 aromatic carbocycles. The van der Waals surface area contributed by atoms with Crippen LogP contribution >= 0.6 is 12.4 Å². The van der Waals surface area contributed by atoms with Crippen molar-refractivity contribution in [1.29, 1.82) is 0 Å². The lowest BCUT2D eigenvalue weighted by molar-refractivity contribution is -0.389. The fourth-order valence-electron chi connectivity index (χ4n) is 5.60. The molecular weight excluding hydrogens is 278 g/mol. The van der Waals surface area contributed by atoms with Gasteiger partial charge in [-0.05, 0) is 43.9 Å². The molecule has 0 amide bonds. The summed E-state index contributed by atoms with van der Waals surface area (Å²) in [6.45, 7) is 1.94. The normalized spacial score (nSPS) is 51.6. The fraction of sp³-hybridized carbons (Fsp3) is 1.00. The summed E-state index contributed by atoms with van der Waals surface area (Å²) in [6, 6.07) is 0. The van der Waals surface area contributed by atoms with E-state index in [1.807, 2.05) is 0 Å². The first-order valence-electron chi connectivity index (χ1n) is 8.06. The average Bonchev–Trinajstić information content (AvgIpc) is 2.77. The van der Waals surface area contributed by atoms with E-state index in [4.69, 9.17) is 14.5 Å². The van der Waals surface area contributed by atoms with Crippen molar-refractivity contribution >= 4 is 12.4 Å². The van der Waals surface area contributed by atoms with Crippen LogP contribution in [0.15, 0.2) is 0 Å². The lowest BCUT2D eigenvalue weighted by atomic mass is 9.53. The third kappa shape index (κ3) is 1.75. The molecule has 20 heavy (non-hydrogen) atoms. The maximum absolute atomic E-state index is 6.57. The van der Waals surface area contributed by atoms with E-state index in [0.29, 0.717) is 11.8 Å². The Kier molecular flexibility index (Phi) is 3.14. The van der Waals surface area contributed by atoms with Gasteiger partial charge in [0, 0.05) is 37.8 Å². The fourth-order valence-corrected chi connectivity index (χ4v) is 5.60. The second kappa shape index (κ2) is 4.56. The number of hydrogen-bond acceptors (Lipinski definition) is 4. The molecule has 2 aliphatic heterocycles. The molecule has 5 heteroatoms. The molecule has 0 radical (unpaired) electrons. The Morgan fingerprint density at radius 2 is 1.40 bits per heavy atom. The minimum Gasteiger partial charge on any atom is -0.316 e. The Labute approximate surface area is 126 Å². The van der Waals surface area contributed by atoms with Gasteiger partial charge in [-0.1, -0.05) is 0 Å². The maximum atomic E-state index is 6.57. The van der Waals surface area contributed by atoms with E-state index in [0.717, 1.165) is 37.8 Å². The van der Waals surface area contributed by atoms with Gasteiger partial charge < -0.3 is 10.1 Å². The van der Waals surface area contributed by atoms with Gasteiger partial charge in [0.2, 0.25) is 11.6 Å². The molecular formula is C15H24ClNO3. The molecule has 0 atom stereocenters. The van der Waals surface area contributed by atoms with Crippen LogP contribution in [-0.2, 0) is 14.5 Å². The van der Waals surface area contributed by atoms with E-state index in [-0.39, 0.29) is 18.2 Å². The molecule has 114 valence electrons. The monoisotopic (exact) mass is 301 g/mol. The molecule has 2 heterocycles. The number of nitrogens with one attached hydrogen (secondary N) is 1. The van der Waals surface area contributed by atoms with Gasteiger partial charge >= 0.3 is 0 Å². The van der Waals surface area contributed by atoms with Crippen LogP contribution in [-0.4, -0.2) is 24.7 Å². The first kappa shape index (κ1) is 13.8. The van der Waals surface area contributed by atoms with Crippen molar-refractivity contribution in [3.05, 3.63) is 0 Å². The lowest BCUT2D eigenvalue weighted by Gasteiger charge is -2.57. The average molecular weight is 302 g/mol. The van der Waals surface area contributed by atoms with Gasteiger partial charge in [-0.3, -0.25) is 0 Å². The number of piperidine rings is 1. The smallest absolute Gasteiger partial charge is 0.210 e. The molecule has 4 aliphatic carbocycles. The van der Waals surface area contributed by atoms with Crippen LogP contribution in [0, 0.1) is 23.7 Å². The summed E-state index contributed by atoms with van der Waals surface area (Å²) in [7, 11) is 0. The van der Waals surface area contributed by atoms with E-state index >= 15 is 0 Å². The quantitative estimate of drug-likeness (QED) is 0.698. The third-order valence-electron chi connectivity index (χ3n) is 6.31. The molecule has 0 unspecified atom stereocenters. The van der Waals surface area contributed by atoms with Crippen LogP contribution in [0.3, 0.4) is 0 Å². The van der Waals surface area contributed by atoms with E-state index in [1.165, 1.54) is 32.1 Å². The van der Waals surface area contributed by atoms with E-state index in [9.17, 15) is 0 Å². The Hall–Kier alpha value is 0.130. The van der Waals surface area contributed by atoms with E-state index < -0.39 is 5.79 Å². The Morgan fingerprint density at radius 1 is 0.800 bits per heavy atom. The highest BCUT2D eigenvalue weighted by molar-refractivity contribution is 5.85. The Morgan fingerprint density at radius 3 is 2.00 bits per heavy atom. The largest absolute Gasteiger partial charge is 0.316 e. The molecule has 1 N–H and O–H groups in total. The van der Waals surface area contributed by atoms with Gasteiger partial charge in [0.25, 0.3) is 0 Å². The molecule has 0 aromatic rings. The minimum atomic E-state index is -0.444. The van der Waals surface area contributed by atoms with Crippen LogP contribution in [0.5, 0.6) is 0 Å². The van der Waals surface area contributed by atoms with Crippen molar-refractivity contribution in [2.24, 2.45) is 23.7 Å². The van der Waals surface area contributed by atoms with Gasteiger partial charge in [0.05, 0.1) is 0 Å². The molecule has 0 aromatic heterocycles. The van der Waals surface area contributed by atoms with Crippen molar-refractivity contribution in [3.8, 4) is 0 Å². The summed E-state index contributed by atoms with van der Waals surface area (Å²) in [5.74, 6) is 2.21. The topological polar surface area (TPSA) is 39.7 Å². The van der Waals surface area contributed by atoms with Gasteiger partial charge in [-0.25, -0.2) is 0 Å². The summed E-state index contributed by atoms with van der Waals surface area (Å²) < 4.78 is 6.57. The maximum Gasteiger partial charge on any atom is 0.210 e. The molecule has 6 aliphatic rings. The van der Waals surface area contributed by atoms with Crippen molar-refractivity contribution in [3.63, 3.8) is 0 Å². The second-order valence-corrected chi connectivity index (χ2v) is 7.46. The summed E-state index contributed by atoms with van der Waals surface area (Å²) >= 11 is 0. The predicted octanol–water partition coefficient (Wildman–Crippen LogP) is 2.62. The number of halogens is 1. The van der Waals surface area contributed by atoms with E-state index in [1.54, 1.807) is 0 Å². The first-order valence-corrected chi connectivity index (χ1v) is 8.06. The summed E-state index contributed by atoms with van der Waals surface area (Å²) in [5, 5.41) is 3.38. The Balaban J connectivity index is 0.00000106. The molecule has 2 saturated heterocycles. The van der Waals surface area contributed by atoms with Crippen molar-refractivity contribution < 1.29 is 14.5 Å². The zero-order chi connectivity index (χ0) is 12.5. The zero-order valence-corrected chi connectivity index (χ0v) is 12.6. The van der Waals surface area contributed by atoms with Crippen LogP contribution < -0.4 is 5.32 Å². The first-order chi connectivity index (χ1) is 9.28. The van der Waals surface area contributed by atoms with E-state index in [2.05, 4.69) is 5.32 Å². The summed E-state index contributed by atoms with van der Waals surface area (Å²) in [4.78, 5) is 11.8. The van der Waals surface area contributed by atoms with Gasteiger partial charge in [0.15, 0.2) is 0 Å². The van der Waals surface area contributed by atoms with Crippen LogP contribution in [0.2, 0.25) is 0 Å². The second-order valence-electron chi connectivity index (χ2n) is 7.46. The molecule has 4 nitrogen and oxygen atoms in total. The van der Waals surface area contributed by atoms with Crippen molar-refractivity contribution in [2.75, 3.05) is 13.1 Å². The lowest BCUT2D eigenvalue weighted by Crippen LogP contribution is -2.59. The van der Waals surface area contributed by atoms with Crippen LogP contribution in [0.1, 0.15) is 44.9 Å². The highest BCUT2D eigenvalue weighted by Gasteiger charge is 2.66.